The van der Waals surface area contributed by atoms with Gasteiger partial charge in [0.1, 0.15) is 9.71 Å². The molecule has 0 bridgehead atoms. The van der Waals surface area contributed by atoms with Crippen LogP contribution in [0.1, 0.15) is 35.9 Å². The van der Waals surface area contributed by atoms with E-state index in [0.29, 0.717) is 12.6 Å². The number of likely N-dealkylation sites (tertiary alicyclic amines) is 1. The fourth-order valence-electron chi connectivity index (χ4n) is 3.70. The second-order valence-corrected chi connectivity index (χ2v) is 7.86. The topological polar surface area (TPSA) is 50.2 Å². The highest BCUT2D eigenvalue weighted by atomic mass is 32.1. The molecule has 1 saturated heterocycles. The van der Waals surface area contributed by atoms with Gasteiger partial charge in [-0.1, -0.05) is 6.42 Å². The Morgan fingerprint density at radius 1 is 1.31 bits per heavy atom. The molecule has 3 aromatic heterocycles. The molecule has 0 spiro atoms. The monoisotopic (exact) mass is 368 g/mol. The maximum atomic E-state index is 12.9. The van der Waals surface area contributed by atoms with Crippen LogP contribution in [-0.4, -0.2) is 46.0 Å². The lowest BCUT2D eigenvalue weighted by atomic mass is 10.0. The Kier molecular flexibility index (Phi) is 5.04. The molecule has 1 aliphatic rings. The van der Waals surface area contributed by atoms with Gasteiger partial charge in [0.05, 0.1) is 5.69 Å². The van der Waals surface area contributed by atoms with Gasteiger partial charge in [0, 0.05) is 43.1 Å². The number of fused-ring (bicyclic) bond motifs is 1. The van der Waals surface area contributed by atoms with E-state index in [4.69, 9.17) is 0 Å². The number of nitrogens with one attached hydrogen (secondary N) is 1. The van der Waals surface area contributed by atoms with Gasteiger partial charge in [0.2, 0.25) is 0 Å². The molecule has 1 atom stereocenters. The Morgan fingerprint density at radius 3 is 2.96 bits per heavy atom. The van der Waals surface area contributed by atoms with Gasteiger partial charge >= 0.3 is 0 Å². The first-order valence-electron chi connectivity index (χ1n) is 9.27. The minimum atomic E-state index is -0.0126. The molecule has 5 nitrogen and oxygen atoms in total. The summed E-state index contributed by atoms with van der Waals surface area (Å²) in [6.45, 7) is 5.01. The summed E-state index contributed by atoms with van der Waals surface area (Å²) in [6.07, 6.45) is 9.56. The smallest absolute Gasteiger partial charge is 0.263 e. The van der Waals surface area contributed by atoms with Crippen molar-refractivity contribution < 1.29 is 4.79 Å². The van der Waals surface area contributed by atoms with E-state index in [1.165, 1.54) is 30.6 Å². The second kappa shape index (κ2) is 7.60. The average Bonchev–Trinajstić information content (AvgIpc) is 3.30. The van der Waals surface area contributed by atoms with E-state index in [1.54, 1.807) is 6.20 Å². The Labute approximate surface area is 157 Å². The van der Waals surface area contributed by atoms with Crippen LogP contribution in [0.5, 0.6) is 0 Å². The first-order chi connectivity index (χ1) is 12.7. The molecule has 1 amide bonds. The van der Waals surface area contributed by atoms with Crippen LogP contribution in [0.3, 0.4) is 0 Å². The lowest BCUT2D eigenvalue weighted by molar-refractivity contribution is 0.0942. The van der Waals surface area contributed by atoms with Crippen molar-refractivity contribution in [1.82, 2.24) is 19.8 Å². The molecule has 4 heterocycles. The number of rotatable bonds is 5. The van der Waals surface area contributed by atoms with Gasteiger partial charge in [0.15, 0.2) is 0 Å². The molecule has 0 aromatic carbocycles. The molecular formula is C20H24N4OS. The molecule has 26 heavy (non-hydrogen) atoms. The molecule has 4 rings (SSSR count). The number of carbonyl (C=O) groups is 1. The minimum absolute atomic E-state index is 0.0126. The Morgan fingerprint density at radius 2 is 2.15 bits per heavy atom. The summed E-state index contributed by atoms with van der Waals surface area (Å²) in [5, 5.41) is 4.14. The van der Waals surface area contributed by atoms with Crippen LogP contribution in [0, 0.1) is 0 Å². The number of hydrogen-bond donors (Lipinski definition) is 1. The Hall–Kier alpha value is -2.18. The quantitative estimate of drug-likeness (QED) is 0.747. The first-order valence-corrected chi connectivity index (χ1v) is 10.1. The number of piperidine rings is 1. The summed E-state index contributed by atoms with van der Waals surface area (Å²) in [4.78, 5) is 21.4. The molecule has 3 aromatic rings. The first kappa shape index (κ1) is 17.2. The number of amides is 1. The highest BCUT2D eigenvalue weighted by Crippen LogP contribution is 2.32. The van der Waals surface area contributed by atoms with Crippen LogP contribution in [0.25, 0.3) is 15.9 Å². The van der Waals surface area contributed by atoms with Gasteiger partial charge in [0.25, 0.3) is 5.91 Å². The van der Waals surface area contributed by atoms with E-state index in [1.807, 2.05) is 41.2 Å². The van der Waals surface area contributed by atoms with Crippen molar-refractivity contribution in [3.8, 4) is 5.69 Å². The molecule has 6 heteroatoms. The average molecular weight is 369 g/mol. The van der Waals surface area contributed by atoms with Crippen LogP contribution in [0.15, 0.2) is 42.9 Å². The zero-order valence-corrected chi connectivity index (χ0v) is 15.8. The predicted octanol–water partition coefficient (Wildman–Crippen LogP) is 3.69. The van der Waals surface area contributed by atoms with Crippen molar-refractivity contribution in [2.45, 2.75) is 32.2 Å². The van der Waals surface area contributed by atoms with Crippen LogP contribution in [0.4, 0.5) is 0 Å². The number of pyridine rings is 1. The molecule has 0 saturated carbocycles. The summed E-state index contributed by atoms with van der Waals surface area (Å²) < 4.78 is 2.00. The lowest BCUT2D eigenvalue weighted by Crippen LogP contribution is -2.42. The third kappa shape index (κ3) is 3.39. The molecular weight excluding hydrogens is 344 g/mol. The molecule has 136 valence electrons. The molecule has 1 N–H and O–H groups in total. The summed E-state index contributed by atoms with van der Waals surface area (Å²) in [5.41, 5.74) is 0.923. The highest BCUT2D eigenvalue weighted by molar-refractivity contribution is 7.21. The lowest BCUT2D eigenvalue weighted by Gasteiger charge is -2.33. The third-order valence-electron chi connectivity index (χ3n) is 5.13. The molecule has 1 aliphatic heterocycles. The third-order valence-corrected chi connectivity index (χ3v) is 6.24. The van der Waals surface area contributed by atoms with E-state index in [0.717, 1.165) is 33.9 Å². The zero-order chi connectivity index (χ0) is 17.9. The van der Waals surface area contributed by atoms with E-state index in [-0.39, 0.29) is 5.91 Å². The van der Waals surface area contributed by atoms with Crippen molar-refractivity contribution in [2.24, 2.45) is 0 Å². The van der Waals surface area contributed by atoms with Crippen molar-refractivity contribution in [2.75, 3.05) is 19.6 Å². The number of thiophene rings is 1. The molecule has 0 radical (unpaired) electrons. The SMILES string of the molecule is CC1CCCCN1CCNC(=O)c1sc2ncccc2c1-n1cccc1. The highest BCUT2D eigenvalue weighted by Gasteiger charge is 2.21. The summed E-state index contributed by atoms with van der Waals surface area (Å²) in [7, 11) is 0. The van der Waals surface area contributed by atoms with E-state index >= 15 is 0 Å². The maximum absolute atomic E-state index is 12.9. The summed E-state index contributed by atoms with van der Waals surface area (Å²) in [6, 6.07) is 8.50. The maximum Gasteiger partial charge on any atom is 0.263 e. The van der Waals surface area contributed by atoms with E-state index in [9.17, 15) is 4.79 Å². The molecule has 1 fully saturated rings. The predicted molar refractivity (Wildman–Crippen MR) is 106 cm³/mol. The van der Waals surface area contributed by atoms with Gasteiger partial charge in [-0.05, 0) is 50.6 Å². The molecule has 0 aliphatic carbocycles. The van der Waals surface area contributed by atoms with Crippen molar-refractivity contribution in [3.05, 3.63) is 47.7 Å². The van der Waals surface area contributed by atoms with Crippen LogP contribution >= 0.6 is 11.3 Å². The number of nitrogens with zero attached hydrogens (tertiary/aromatic N) is 3. The van der Waals surface area contributed by atoms with Crippen molar-refractivity contribution in [3.63, 3.8) is 0 Å². The zero-order valence-electron chi connectivity index (χ0n) is 15.0. The standard InChI is InChI=1S/C20H24N4OS/c1-15-7-2-3-11-23(15)14-10-21-19(25)18-17(24-12-4-5-13-24)16-8-6-9-22-20(16)26-18/h4-6,8-9,12-13,15H,2-3,7,10-11,14H2,1H3,(H,21,25). The number of carbonyl (C=O) groups excluding carboxylic acids is 1. The van der Waals surface area contributed by atoms with Gasteiger partial charge in [-0.25, -0.2) is 4.98 Å². The Bertz CT molecular complexity index is 886. The van der Waals surface area contributed by atoms with Gasteiger partial charge in [-0.3, -0.25) is 9.69 Å². The summed E-state index contributed by atoms with van der Waals surface area (Å²) in [5.74, 6) is -0.0126. The number of aromatic nitrogens is 2. The fraction of sp³-hybridized carbons (Fsp3) is 0.400. The van der Waals surface area contributed by atoms with Crippen molar-refractivity contribution in [1.29, 1.82) is 0 Å². The van der Waals surface area contributed by atoms with Gasteiger partial charge in [-0.15, -0.1) is 11.3 Å². The molecule has 1 unspecified atom stereocenters. The van der Waals surface area contributed by atoms with E-state index in [2.05, 4.69) is 22.1 Å². The van der Waals surface area contributed by atoms with Crippen LogP contribution in [0.2, 0.25) is 0 Å². The largest absolute Gasteiger partial charge is 0.350 e. The van der Waals surface area contributed by atoms with Crippen LogP contribution < -0.4 is 5.32 Å². The minimum Gasteiger partial charge on any atom is -0.350 e. The fourth-order valence-corrected chi connectivity index (χ4v) is 4.76. The summed E-state index contributed by atoms with van der Waals surface area (Å²) >= 11 is 1.46. The normalized spacial score (nSPS) is 18.3. The van der Waals surface area contributed by atoms with Crippen LogP contribution in [-0.2, 0) is 0 Å². The second-order valence-electron chi connectivity index (χ2n) is 6.86. The van der Waals surface area contributed by atoms with Gasteiger partial charge < -0.3 is 9.88 Å². The van der Waals surface area contributed by atoms with Gasteiger partial charge in [-0.2, -0.15) is 0 Å². The Balaban J connectivity index is 1.52. The number of hydrogen-bond acceptors (Lipinski definition) is 4. The van der Waals surface area contributed by atoms with Crippen molar-refractivity contribution >= 4 is 27.5 Å². The van der Waals surface area contributed by atoms with E-state index < -0.39 is 0 Å².